The van der Waals surface area contributed by atoms with Gasteiger partial charge in [0.2, 0.25) is 0 Å². The fraction of sp³-hybridized carbons (Fsp3) is 0.559. The number of nitrogen functional groups attached to an aromatic ring is 2. The summed E-state index contributed by atoms with van der Waals surface area (Å²) in [6, 6.07) is 11.9. The average molecular weight is 569 g/mol. The Balaban J connectivity index is 1.29. The Morgan fingerprint density at radius 1 is 0.951 bits per heavy atom. The third-order valence-corrected chi connectivity index (χ3v) is 9.63. The maximum atomic E-state index is 15.5. The van der Waals surface area contributed by atoms with E-state index < -0.39 is 17.5 Å². The smallest absolute Gasteiger partial charge is 0.403 e. The van der Waals surface area contributed by atoms with Crippen LogP contribution in [0.5, 0.6) is 5.75 Å². The van der Waals surface area contributed by atoms with Crippen LogP contribution < -0.4 is 16.2 Å². The van der Waals surface area contributed by atoms with E-state index in [0.717, 1.165) is 56.9 Å². The number of hydrogen-bond donors (Lipinski definition) is 3. The Morgan fingerprint density at radius 2 is 1.63 bits per heavy atom. The summed E-state index contributed by atoms with van der Waals surface area (Å²) < 4.78 is 36.5. The standard InChI is InChI=1S/C34H46F2N2O3/c1-2-3-7-16-32-17-20-33(21-18-32,22-19-32)34(35,36)41-29-14-10-25(11-15-29)23-27(31(39)40)9-6-4-5-8-26-12-13-28(37)24-30(26)38/h10-15,23-24H,2-9,16-22,37-38H2,1H3,(H,39,40). The summed E-state index contributed by atoms with van der Waals surface area (Å²) in [5, 5.41) is 9.70. The maximum Gasteiger partial charge on any atom is 0.403 e. The van der Waals surface area contributed by atoms with Gasteiger partial charge in [-0.2, -0.15) is 8.78 Å². The molecule has 2 aromatic carbocycles. The molecule has 2 aromatic rings. The molecule has 41 heavy (non-hydrogen) atoms. The minimum Gasteiger partial charge on any atom is -0.478 e. The predicted molar refractivity (Wildman–Crippen MR) is 162 cm³/mol. The minimum absolute atomic E-state index is 0.116. The fourth-order valence-electron chi connectivity index (χ4n) is 6.80. The molecule has 3 aliphatic rings. The summed E-state index contributed by atoms with van der Waals surface area (Å²) in [7, 11) is 0. The van der Waals surface area contributed by atoms with E-state index in [1.54, 1.807) is 24.3 Å². The van der Waals surface area contributed by atoms with E-state index in [1.807, 2.05) is 12.1 Å². The minimum atomic E-state index is -3.23. The van der Waals surface area contributed by atoms with Gasteiger partial charge >= 0.3 is 12.1 Å². The van der Waals surface area contributed by atoms with Crippen molar-refractivity contribution in [1.29, 1.82) is 0 Å². The summed E-state index contributed by atoms with van der Waals surface area (Å²) in [5.41, 5.74) is 14.2. The number of carboxylic acid groups (broad SMARTS) is 1. The molecule has 7 heteroatoms. The van der Waals surface area contributed by atoms with Gasteiger partial charge in [-0.3, -0.25) is 0 Å². The Morgan fingerprint density at radius 3 is 2.24 bits per heavy atom. The lowest BCUT2D eigenvalue weighted by Gasteiger charge is -2.55. The van der Waals surface area contributed by atoms with E-state index in [-0.39, 0.29) is 11.2 Å². The quantitative estimate of drug-likeness (QED) is 0.113. The topological polar surface area (TPSA) is 98.6 Å². The number of rotatable bonds is 15. The van der Waals surface area contributed by atoms with E-state index in [9.17, 15) is 9.90 Å². The van der Waals surface area contributed by atoms with Gasteiger partial charge in [-0.25, -0.2) is 4.79 Å². The molecule has 0 amide bonds. The van der Waals surface area contributed by atoms with Gasteiger partial charge < -0.3 is 21.3 Å². The normalized spacial score (nSPS) is 22.6. The molecule has 0 atom stereocenters. The van der Waals surface area contributed by atoms with Crippen molar-refractivity contribution in [2.45, 2.75) is 109 Å². The average Bonchev–Trinajstić information content (AvgIpc) is 2.95. The summed E-state index contributed by atoms with van der Waals surface area (Å²) in [6.07, 6.45) is 11.0. The Kier molecular flexibility index (Phi) is 9.98. The molecule has 0 unspecified atom stereocenters. The van der Waals surface area contributed by atoms with Gasteiger partial charge in [-0.15, -0.1) is 0 Å². The number of aliphatic carboxylic acids is 1. The van der Waals surface area contributed by atoms with Crippen LogP contribution in [0.4, 0.5) is 20.2 Å². The number of alkyl halides is 2. The van der Waals surface area contributed by atoms with Crippen molar-refractivity contribution in [3.05, 3.63) is 59.2 Å². The van der Waals surface area contributed by atoms with Crippen LogP contribution in [0.1, 0.15) is 108 Å². The van der Waals surface area contributed by atoms with Crippen molar-refractivity contribution < 1.29 is 23.4 Å². The van der Waals surface area contributed by atoms with E-state index in [4.69, 9.17) is 16.2 Å². The Labute approximate surface area is 243 Å². The van der Waals surface area contributed by atoms with Crippen molar-refractivity contribution >= 4 is 23.4 Å². The number of halogens is 2. The molecule has 0 heterocycles. The number of benzene rings is 2. The lowest BCUT2D eigenvalue weighted by atomic mass is 9.52. The number of nitrogens with two attached hydrogens (primary N) is 2. The molecule has 3 saturated carbocycles. The number of carbonyl (C=O) groups is 1. The molecule has 3 aliphatic carbocycles. The highest BCUT2D eigenvalue weighted by molar-refractivity contribution is 5.92. The summed E-state index contributed by atoms with van der Waals surface area (Å²) >= 11 is 0. The first-order valence-corrected chi connectivity index (χ1v) is 15.3. The van der Waals surface area contributed by atoms with Crippen molar-refractivity contribution in [3.8, 4) is 5.75 Å². The number of anilines is 2. The predicted octanol–water partition coefficient (Wildman–Crippen LogP) is 9.01. The van der Waals surface area contributed by atoms with E-state index >= 15 is 8.78 Å². The number of ether oxygens (including phenoxy) is 1. The first-order valence-electron chi connectivity index (χ1n) is 15.3. The van der Waals surface area contributed by atoms with Crippen molar-refractivity contribution in [1.82, 2.24) is 0 Å². The molecule has 0 aliphatic heterocycles. The highest BCUT2D eigenvalue weighted by Crippen LogP contribution is 2.63. The highest BCUT2D eigenvalue weighted by atomic mass is 19.3. The highest BCUT2D eigenvalue weighted by Gasteiger charge is 2.62. The first-order chi connectivity index (χ1) is 19.6. The summed E-state index contributed by atoms with van der Waals surface area (Å²) in [4.78, 5) is 11.8. The maximum absolute atomic E-state index is 15.5. The number of hydrogen-bond acceptors (Lipinski definition) is 4. The van der Waals surface area contributed by atoms with Crippen LogP contribution in [0, 0.1) is 10.8 Å². The monoisotopic (exact) mass is 568 g/mol. The number of fused-ring (bicyclic) bond motifs is 3. The summed E-state index contributed by atoms with van der Waals surface area (Å²) in [6.45, 7) is 2.20. The van der Waals surface area contributed by atoms with Gasteiger partial charge in [0.15, 0.2) is 0 Å². The molecule has 5 N–H and O–H groups in total. The van der Waals surface area contributed by atoms with Crippen LogP contribution in [-0.2, 0) is 11.2 Å². The molecule has 5 nitrogen and oxygen atoms in total. The third-order valence-electron chi connectivity index (χ3n) is 9.63. The third kappa shape index (κ3) is 7.60. The van der Waals surface area contributed by atoms with Gasteiger partial charge in [0, 0.05) is 16.9 Å². The van der Waals surface area contributed by atoms with Gasteiger partial charge in [-0.05, 0) is 118 Å². The Hall–Kier alpha value is -3.09. The molecule has 5 rings (SSSR count). The van der Waals surface area contributed by atoms with Crippen LogP contribution in [0.3, 0.4) is 0 Å². The fourth-order valence-corrected chi connectivity index (χ4v) is 6.80. The van der Waals surface area contributed by atoms with Gasteiger partial charge in [0.25, 0.3) is 0 Å². The Bertz CT molecular complexity index is 1180. The molecular weight excluding hydrogens is 522 g/mol. The van der Waals surface area contributed by atoms with Gasteiger partial charge in [-0.1, -0.05) is 50.8 Å². The molecule has 224 valence electrons. The second kappa shape index (κ2) is 13.3. The number of unbranched alkanes of at least 4 members (excludes halogenated alkanes) is 4. The number of aryl methyl sites for hydroxylation is 1. The van der Waals surface area contributed by atoms with E-state index in [2.05, 4.69) is 6.92 Å². The molecule has 2 bridgehead atoms. The first kappa shape index (κ1) is 30.9. The second-order valence-electron chi connectivity index (χ2n) is 12.4. The van der Waals surface area contributed by atoms with E-state index in [0.29, 0.717) is 48.2 Å². The van der Waals surface area contributed by atoms with Crippen molar-refractivity contribution in [2.75, 3.05) is 11.5 Å². The van der Waals surface area contributed by atoms with Crippen molar-refractivity contribution in [2.24, 2.45) is 10.8 Å². The molecule has 0 aromatic heterocycles. The van der Waals surface area contributed by atoms with Gasteiger partial charge in [0.05, 0.1) is 5.41 Å². The van der Waals surface area contributed by atoms with Crippen molar-refractivity contribution in [3.63, 3.8) is 0 Å². The zero-order valence-electron chi connectivity index (χ0n) is 24.4. The second-order valence-corrected chi connectivity index (χ2v) is 12.4. The molecule has 0 spiro atoms. The van der Waals surface area contributed by atoms with Crippen LogP contribution in [0.2, 0.25) is 0 Å². The van der Waals surface area contributed by atoms with E-state index in [1.165, 1.54) is 31.4 Å². The SMILES string of the molecule is CCCCCC12CCC(C(F)(F)Oc3ccc(C=C(CCCCCc4ccc(N)cc4N)C(=O)O)cc3)(CC1)CC2. The molecule has 3 fully saturated rings. The molecule has 0 radical (unpaired) electrons. The zero-order chi connectivity index (χ0) is 29.5. The summed E-state index contributed by atoms with van der Waals surface area (Å²) in [5.74, 6) is -0.857. The molecular formula is C34H46F2N2O3. The van der Waals surface area contributed by atoms with Crippen LogP contribution in [-0.4, -0.2) is 17.2 Å². The molecule has 0 saturated heterocycles. The van der Waals surface area contributed by atoms with Gasteiger partial charge in [0.1, 0.15) is 5.75 Å². The number of carboxylic acids is 1. The van der Waals surface area contributed by atoms with Crippen LogP contribution in [0.15, 0.2) is 48.0 Å². The van der Waals surface area contributed by atoms with Crippen LogP contribution >= 0.6 is 0 Å². The lowest BCUT2D eigenvalue weighted by Crippen LogP contribution is -2.53. The van der Waals surface area contributed by atoms with Crippen LogP contribution in [0.25, 0.3) is 6.08 Å². The lowest BCUT2D eigenvalue weighted by molar-refractivity contribution is -0.289. The zero-order valence-corrected chi connectivity index (χ0v) is 24.4. The largest absolute Gasteiger partial charge is 0.478 e.